The maximum Gasteiger partial charge on any atom is 0.265 e. The summed E-state index contributed by atoms with van der Waals surface area (Å²) in [5, 5.41) is 0.717. The van der Waals surface area contributed by atoms with Gasteiger partial charge in [0.05, 0.1) is 5.52 Å². The first-order valence-corrected chi connectivity index (χ1v) is 9.80. The number of para-hydroxylation sites is 1. The number of nitrogens with zero attached hydrogens (tertiary/aromatic N) is 3. The van der Waals surface area contributed by atoms with Gasteiger partial charge in [-0.05, 0) is 12.1 Å². The Morgan fingerprint density at radius 3 is 2.36 bits per heavy atom. The van der Waals surface area contributed by atoms with E-state index in [-0.39, 0.29) is 10.7 Å². The second kappa shape index (κ2) is 7.16. The Balaban J connectivity index is 1.77. The second-order valence-electron chi connectivity index (χ2n) is 5.93. The van der Waals surface area contributed by atoms with Crippen LogP contribution in [0.4, 0.5) is 5.82 Å². The average Bonchev–Trinajstić information content (AvgIpc) is 2.73. The third-order valence-electron chi connectivity index (χ3n) is 4.13. The van der Waals surface area contributed by atoms with Gasteiger partial charge in [-0.1, -0.05) is 42.5 Å². The fourth-order valence-corrected chi connectivity index (χ4v) is 4.02. The molecule has 0 aliphatic carbocycles. The predicted octanol–water partition coefficient (Wildman–Crippen LogP) is 3.31. The van der Waals surface area contributed by atoms with Gasteiger partial charge < -0.3 is 0 Å². The highest BCUT2D eigenvalue weighted by Gasteiger charge is 2.21. The van der Waals surface area contributed by atoms with E-state index < -0.39 is 10.0 Å². The molecule has 8 heteroatoms. The molecule has 0 aliphatic heterocycles. The molecule has 0 amide bonds. The lowest BCUT2D eigenvalue weighted by Gasteiger charge is -2.12. The Morgan fingerprint density at radius 1 is 0.821 bits per heavy atom. The minimum atomic E-state index is -3.95. The van der Waals surface area contributed by atoms with Crippen molar-refractivity contribution in [3.05, 3.63) is 78.8 Å². The number of carbonyl (C=O) groups is 1. The molecule has 0 fully saturated rings. The summed E-state index contributed by atoms with van der Waals surface area (Å²) in [6.45, 7) is 0. The van der Waals surface area contributed by atoms with E-state index in [9.17, 15) is 13.2 Å². The van der Waals surface area contributed by atoms with Gasteiger partial charge in [-0.2, -0.15) is 0 Å². The SMILES string of the molecule is O=Cc1ccc(-c2nccnc2NS(=O)(=O)c2cccc3cccnc23)cc1. The van der Waals surface area contributed by atoms with Crippen molar-refractivity contribution in [2.24, 2.45) is 0 Å². The fourth-order valence-electron chi connectivity index (χ4n) is 2.82. The number of sulfonamides is 1. The number of hydrogen-bond acceptors (Lipinski definition) is 6. The monoisotopic (exact) mass is 390 g/mol. The molecule has 0 spiro atoms. The standard InChI is InChI=1S/C20H14N4O3S/c25-13-14-6-8-16(9-7-14)19-20(23-12-11-22-19)24-28(26,27)17-5-1-3-15-4-2-10-21-18(15)17/h1-13H,(H,23,24). The summed E-state index contributed by atoms with van der Waals surface area (Å²) in [5.41, 5.74) is 1.87. The first-order valence-electron chi connectivity index (χ1n) is 8.32. The zero-order chi connectivity index (χ0) is 19.6. The molecule has 1 N–H and O–H groups in total. The molecule has 7 nitrogen and oxygen atoms in total. The molecule has 138 valence electrons. The fraction of sp³-hybridized carbons (Fsp3) is 0. The minimum Gasteiger partial charge on any atom is -0.298 e. The van der Waals surface area contributed by atoms with Gasteiger partial charge in [0.1, 0.15) is 16.9 Å². The molecule has 0 atom stereocenters. The Bertz CT molecular complexity index is 1270. The molecule has 0 aliphatic rings. The zero-order valence-corrected chi connectivity index (χ0v) is 15.3. The third-order valence-corrected chi connectivity index (χ3v) is 5.51. The lowest BCUT2D eigenvalue weighted by Crippen LogP contribution is -2.15. The van der Waals surface area contributed by atoms with E-state index in [1.807, 2.05) is 0 Å². The Hall–Kier alpha value is -3.65. The molecule has 0 saturated carbocycles. The highest BCUT2D eigenvalue weighted by molar-refractivity contribution is 7.93. The molecule has 2 aromatic heterocycles. The number of benzene rings is 2. The first kappa shape index (κ1) is 17.7. The number of hydrogen-bond donors (Lipinski definition) is 1. The summed E-state index contributed by atoms with van der Waals surface area (Å²) >= 11 is 0. The number of fused-ring (bicyclic) bond motifs is 1. The van der Waals surface area contributed by atoms with Crippen molar-refractivity contribution >= 4 is 33.0 Å². The average molecular weight is 390 g/mol. The smallest absolute Gasteiger partial charge is 0.265 e. The van der Waals surface area contributed by atoms with Crippen LogP contribution in [0.1, 0.15) is 10.4 Å². The molecule has 2 heterocycles. The normalized spacial score (nSPS) is 11.3. The van der Waals surface area contributed by atoms with Crippen molar-refractivity contribution in [3.8, 4) is 11.3 Å². The maximum atomic E-state index is 13.0. The number of nitrogens with one attached hydrogen (secondary N) is 1. The maximum absolute atomic E-state index is 13.0. The number of anilines is 1. The van der Waals surface area contributed by atoms with Crippen LogP contribution in [0.2, 0.25) is 0 Å². The van der Waals surface area contributed by atoms with Crippen molar-refractivity contribution in [2.45, 2.75) is 4.90 Å². The Morgan fingerprint density at radius 2 is 1.57 bits per heavy atom. The molecule has 4 aromatic rings. The van der Waals surface area contributed by atoms with Gasteiger partial charge >= 0.3 is 0 Å². The molecule has 2 aromatic carbocycles. The lowest BCUT2D eigenvalue weighted by molar-refractivity contribution is 0.112. The molecule has 4 rings (SSSR count). The summed E-state index contributed by atoms with van der Waals surface area (Å²) < 4.78 is 28.6. The van der Waals surface area contributed by atoms with Crippen LogP contribution in [0.3, 0.4) is 0 Å². The highest BCUT2D eigenvalue weighted by atomic mass is 32.2. The Labute approximate surface area is 161 Å². The van der Waals surface area contributed by atoms with Crippen LogP contribution in [-0.4, -0.2) is 29.7 Å². The summed E-state index contributed by atoms with van der Waals surface area (Å²) in [4.78, 5) is 23.5. The Kier molecular flexibility index (Phi) is 4.54. The topological polar surface area (TPSA) is 102 Å². The van der Waals surface area contributed by atoms with Crippen molar-refractivity contribution in [1.82, 2.24) is 15.0 Å². The van der Waals surface area contributed by atoms with Crippen LogP contribution in [0.25, 0.3) is 22.2 Å². The van der Waals surface area contributed by atoms with Crippen molar-refractivity contribution in [2.75, 3.05) is 4.72 Å². The number of rotatable bonds is 5. The highest BCUT2D eigenvalue weighted by Crippen LogP contribution is 2.27. The van der Waals surface area contributed by atoms with Gasteiger partial charge in [-0.15, -0.1) is 0 Å². The zero-order valence-electron chi connectivity index (χ0n) is 14.5. The molecule has 0 bridgehead atoms. The van der Waals surface area contributed by atoms with Gasteiger partial charge in [-0.25, -0.2) is 13.4 Å². The van der Waals surface area contributed by atoms with Crippen LogP contribution in [0, 0.1) is 0 Å². The van der Waals surface area contributed by atoms with Crippen LogP contribution in [0.5, 0.6) is 0 Å². The summed E-state index contributed by atoms with van der Waals surface area (Å²) in [5.74, 6) is 0.0919. The molecular formula is C20H14N4O3S. The van der Waals surface area contributed by atoms with E-state index in [1.54, 1.807) is 54.7 Å². The van der Waals surface area contributed by atoms with Crippen LogP contribution < -0.4 is 4.72 Å². The van der Waals surface area contributed by atoms with E-state index in [2.05, 4.69) is 19.7 Å². The minimum absolute atomic E-state index is 0.0542. The molecule has 28 heavy (non-hydrogen) atoms. The van der Waals surface area contributed by atoms with Crippen molar-refractivity contribution in [1.29, 1.82) is 0 Å². The molecule has 0 radical (unpaired) electrons. The first-order chi connectivity index (χ1) is 13.6. The van der Waals surface area contributed by atoms with E-state index in [1.165, 1.54) is 18.5 Å². The van der Waals surface area contributed by atoms with Gasteiger partial charge in [0.25, 0.3) is 10.0 Å². The van der Waals surface area contributed by atoms with Crippen molar-refractivity contribution < 1.29 is 13.2 Å². The number of carbonyl (C=O) groups excluding carboxylic acids is 1. The largest absolute Gasteiger partial charge is 0.298 e. The molecule has 0 unspecified atom stereocenters. The van der Waals surface area contributed by atoms with E-state index >= 15 is 0 Å². The van der Waals surface area contributed by atoms with E-state index in [4.69, 9.17) is 0 Å². The van der Waals surface area contributed by atoms with Crippen LogP contribution in [0.15, 0.2) is 78.1 Å². The van der Waals surface area contributed by atoms with Gasteiger partial charge in [-0.3, -0.25) is 19.5 Å². The molecule has 0 saturated heterocycles. The van der Waals surface area contributed by atoms with E-state index in [0.717, 1.165) is 6.29 Å². The van der Waals surface area contributed by atoms with Gasteiger partial charge in [0.15, 0.2) is 5.82 Å². The van der Waals surface area contributed by atoms with Crippen LogP contribution >= 0.6 is 0 Å². The predicted molar refractivity (Wildman–Crippen MR) is 105 cm³/mol. The second-order valence-corrected chi connectivity index (χ2v) is 7.58. The van der Waals surface area contributed by atoms with E-state index in [0.29, 0.717) is 27.7 Å². The summed E-state index contributed by atoms with van der Waals surface area (Å²) in [6.07, 6.45) is 5.16. The summed E-state index contributed by atoms with van der Waals surface area (Å²) in [6, 6.07) is 15.1. The third kappa shape index (κ3) is 3.33. The van der Waals surface area contributed by atoms with Crippen LogP contribution in [-0.2, 0) is 10.0 Å². The molecular weight excluding hydrogens is 376 g/mol. The number of aromatic nitrogens is 3. The van der Waals surface area contributed by atoms with Gasteiger partial charge in [0, 0.05) is 35.1 Å². The van der Waals surface area contributed by atoms with Gasteiger partial charge in [0.2, 0.25) is 0 Å². The number of pyridine rings is 1. The number of aldehydes is 1. The quantitative estimate of drug-likeness (QED) is 0.525. The summed E-state index contributed by atoms with van der Waals surface area (Å²) in [7, 11) is -3.95. The lowest BCUT2D eigenvalue weighted by atomic mass is 10.1. The van der Waals surface area contributed by atoms with Crippen molar-refractivity contribution in [3.63, 3.8) is 0 Å².